The van der Waals surface area contributed by atoms with E-state index in [-0.39, 0.29) is 29.2 Å². The van der Waals surface area contributed by atoms with E-state index in [9.17, 15) is 9.18 Å². The van der Waals surface area contributed by atoms with Gasteiger partial charge in [-0.3, -0.25) is 10.1 Å². The van der Waals surface area contributed by atoms with Gasteiger partial charge in [-0.1, -0.05) is 32.9 Å². The number of nitrogens with one attached hydrogen (secondary N) is 1. The highest BCUT2D eigenvalue weighted by Gasteiger charge is 2.32. The summed E-state index contributed by atoms with van der Waals surface area (Å²) in [4.78, 5) is 19.6. The summed E-state index contributed by atoms with van der Waals surface area (Å²) in [6.45, 7) is 9.80. The van der Waals surface area contributed by atoms with Crippen LogP contribution in [0.25, 0.3) is 0 Å². The van der Waals surface area contributed by atoms with Crippen molar-refractivity contribution in [2.75, 3.05) is 6.54 Å². The van der Waals surface area contributed by atoms with Gasteiger partial charge in [0.05, 0.1) is 17.8 Å². The lowest BCUT2D eigenvalue weighted by molar-refractivity contribution is -0.138. The number of piperidine rings is 1. The predicted molar refractivity (Wildman–Crippen MR) is 107 cm³/mol. The van der Waals surface area contributed by atoms with Gasteiger partial charge in [0.2, 0.25) is 5.91 Å². The molecule has 1 aliphatic rings. The van der Waals surface area contributed by atoms with Crippen molar-refractivity contribution >= 4 is 17.2 Å². The van der Waals surface area contributed by atoms with Crippen molar-refractivity contribution in [2.24, 2.45) is 0 Å². The second kappa shape index (κ2) is 8.07. The third kappa shape index (κ3) is 4.74. The molecule has 146 valence electrons. The fourth-order valence-electron chi connectivity index (χ4n) is 3.34. The molecule has 6 heteroatoms. The normalized spacial score (nSPS) is 19.4. The summed E-state index contributed by atoms with van der Waals surface area (Å²) in [7, 11) is 0. The number of carbonyl (C=O) groups excluding carboxylic acids is 1. The van der Waals surface area contributed by atoms with E-state index < -0.39 is 0 Å². The molecule has 0 bridgehead atoms. The lowest BCUT2D eigenvalue weighted by Crippen LogP contribution is -2.51. The van der Waals surface area contributed by atoms with Gasteiger partial charge in [0, 0.05) is 23.9 Å². The molecule has 4 nitrogen and oxygen atoms in total. The van der Waals surface area contributed by atoms with E-state index in [4.69, 9.17) is 4.98 Å². The summed E-state index contributed by atoms with van der Waals surface area (Å²) < 4.78 is 13.2. The zero-order valence-corrected chi connectivity index (χ0v) is 17.3. The van der Waals surface area contributed by atoms with Crippen molar-refractivity contribution in [1.29, 1.82) is 0 Å². The maximum Gasteiger partial charge on any atom is 0.240 e. The SMILES string of the molecule is CC(c1ccc(F)cc1)N1CCCC(NCc2nc(C(C)(C)C)cs2)C1=O. The van der Waals surface area contributed by atoms with Crippen LogP contribution >= 0.6 is 11.3 Å². The molecule has 2 heterocycles. The van der Waals surface area contributed by atoms with E-state index in [0.29, 0.717) is 6.54 Å². The number of hydrogen-bond acceptors (Lipinski definition) is 4. The Balaban J connectivity index is 1.62. The van der Waals surface area contributed by atoms with Crippen LogP contribution in [0, 0.1) is 5.82 Å². The van der Waals surface area contributed by atoms with Crippen molar-refractivity contribution < 1.29 is 9.18 Å². The highest BCUT2D eigenvalue weighted by atomic mass is 32.1. The fourth-order valence-corrected chi connectivity index (χ4v) is 4.31. The minimum absolute atomic E-state index is 0.0385. The first kappa shape index (κ1) is 20.0. The molecule has 1 N–H and O–H groups in total. The van der Waals surface area contributed by atoms with Gasteiger partial charge >= 0.3 is 0 Å². The molecule has 0 saturated carbocycles. The van der Waals surface area contributed by atoms with Gasteiger partial charge in [-0.05, 0) is 37.5 Å². The van der Waals surface area contributed by atoms with Crippen molar-refractivity contribution in [3.05, 3.63) is 51.7 Å². The molecule has 1 saturated heterocycles. The second-order valence-electron chi connectivity index (χ2n) is 8.21. The number of nitrogens with zero attached hydrogens (tertiary/aromatic N) is 2. The molecule has 2 atom stereocenters. The van der Waals surface area contributed by atoms with Crippen LogP contribution in [-0.4, -0.2) is 28.4 Å². The lowest BCUT2D eigenvalue weighted by atomic mass is 9.93. The molecule has 0 radical (unpaired) electrons. The monoisotopic (exact) mass is 389 g/mol. The van der Waals surface area contributed by atoms with E-state index in [2.05, 4.69) is 31.5 Å². The Hall–Kier alpha value is -1.79. The number of carbonyl (C=O) groups is 1. The smallest absolute Gasteiger partial charge is 0.240 e. The van der Waals surface area contributed by atoms with Crippen LogP contribution in [0.4, 0.5) is 4.39 Å². The van der Waals surface area contributed by atoms with Crippen molar-refractivity contribution in [2.45, 2.75) is 64.6 Å². The summed E-state index contributed by atoms with van der Waals surface area (Å²) in [5, 5.41) is 6.50. The zero-order valence-electron chi connectivity index (χ0n) is 16.5. The topological polar surface area (TPSA) is 45.2 Å². The van der Waals surface area contributed by atoms with E-state index in [1.165, 1.54) is 12.1 Å². The number of amides is 1. The summed E-state index contributed by atoms with van der Waals surface area (Å²) in [5.41, 5.74) is 2.09. The number of halogens is 1. The summed E-state index contributed by atoms with van der Waals surface area (Å²) in [6, 6.07) is 6.16. The van der Waals surface area contributed by atoms with E-state index in [1.807, 2.05) is 11.8 Å². The molecule has 1 aliphatic heterocycles. The van der Waals surface area contributed by atoms with E-state index in [0.717, 1.165) is 35.7 Å². The first-order valence-corrected chi connectivity index (χ1v) is 10.4. The summed E-state index contributed by atoms with van der Waals surface area (Å²) >= 11 is 1.64. The summed E-state index contributed by atoms with van der Waals surface area (Å²) in [6.07, 6.45) is 1.79. The van der Waals surface area contributed by atoms with Crippen LogP contribution in [0.5, 0.6) is 0 Å². The number of hydrogen-bond donors (Lipinski definition) is 1. The van der Waals surface area contributed by atoms with Crippen LogP contribution in [0.2, 0.25) is 0 Å². The third-order valence-corrected chi connectivity index (χ3v) is 5.96. The summed E-state index contributed by atoms with van der Waals surface area (Å²) in [5.74, 6) is -0.140. The molecule has 3 rings (SSSR count). The van der Waals surface area contributed by atoms with Gasteiger partial charge < -0.3 is 4.90 Å². The maximum absolute atomic E-state index is 13.2. The number of benzene rings is 1. The first-order valence-electron chi connectivity index (χ1n) is 9.50. The Kier molecular flexibility index (Phi) is 5.96. The standard InChI is InChI=1S/C21H28FN3OS/c1-14(15-7-9-16(22)10-8-15)25-11-5-6-17(20(25)26)23-12-19-24-18(13-27-19)21(2,3)4/h7-10,13-14,17,23H,5-6,11-12H2,1-4H3. The Morgan fingerprint density at radius 1 is 1.33 bits per heavy atom. The lowest BCUT2D eigenvalue weighted by Gasteiger charge is -2.37. The number of likely N-dealkylation sites (tertiary alicyclic amines) is 1. The fraction of sp³-hybridized carbons (Fsp3) is 0.524. The molecule has 0 aliphatic carbocycles. The number of thiazole rings is 1. The van der Waals surface area contributed by atoms with Gasteiger partial charge in [0.1, 0.15) is 10.8 Å². The van der Waals surface area contributed by atoms with Crippen LogP contribution in [0.1, 0.15) is 62.8 Å². The Morgan fingerprint density at radius 3 is 2.67 bits per heavy atom. The molecule has 27 heavy (non-hydrogen) atoms. The highest BCUT2D eigenvalue weighted by molar-refractivity contribution is 7.09. The molecule has 2 aromatic rings. The molecule has 1 aromatic heterocycles. The van der Waals surface area contributed by atoms with Crippen LogP contribution < -0.4 is 5.32 Å². The van der Waals surface area contributed by atoms with Gasteiger partial charge in [-0.15, -0.1) is 11.3 Å². The van der Waals surface area contributed by atoms with Gasteiger partial charge in [-0.25, -0.2) is 9.37 Å². The highest BCUT2D eigenvalue weighted by Crippen LogP contribution is 2.26. The largest absolute Gasteiger partial charge is 0.335 e. The molecule has 1 fully saturated rings. The van der Waals surface area contributed by atoms with Crippen LogP contribution in [0.15, 0.2) is 29.6 Å². The Bertz CT molecular complexity index is 781. The van der Waals surface area contributed by atoms with E-state index in [1.54, 1.807) is 23.5 Å². The quantitative estimate of drug-likeness (QED) is 0.823. The first-order chi connectivity index (χ1) is 12.8. The molecule has 1 amide bonds. The minimum atomic E-state index is -0.256. The predicted octanol–water partition coefficient (Wildman–Crippen LogP) is 4.42. The average Bonchev–Trinajstić information content (AvgIpc) is 3.10. The van der Waals surface area contributed by atoms with Crippen molar-refractivity contribution in [3.63, 3.8) is 0 Å². The molecular formula is C21H28FN3OS. The van der Waals surface area contributed by atoms with Gasteiger partial charge in [-0.2, -0.15) is 0 Å². The van der Waals surface area contributed by atoms with Crippen molar-refractivity contribution in [1.82, 2.24) is 15.2 Å². The third-order valence-electron chi connectivity index (χ3n) is 5.11. The minimum Gasteiger partial charge on any atom is -0.335 e. The molecule has 1 aromatic carbocycles. The van der Waals surface area contributed by atoms with Gasteiger partial charge in [0.25, 0.3) is 0 Å². The second-order valence-corrected chi connectivity index (χ2v) is 9.15. The van der Waals surface area contributed by atoms with Crippen molar-refractivity contribution in [3.8, 4) is 0 Å². The van der Waals surface area contributed by atoms with Gasteiger partial charge in [0.15, 0.2) is 0 Å². The molecular weight excluding hydrogens is 361 g/mol. The zero-order chi connectivity index (χ0) is 19.6. The van der Waals surface area contributed by atoms with Crippen LogP contribution in [-0.2, 0) is 16.8 Å². The molecule has 0 spiro atoms. The molecule has 2 unspecified atom stereocenters. The average molecular weight is 390 g/mol. The van der Waals surface area contributed by atoms with Crippen LogP contribution in [0.3, 0.4) is 0 Å². The maximum atomic E-state index is 13.2. The Labute approximate surface area is 164 Å². The number of rotatable bonds is 5. The number of aromatic nitrogens is 1. The van der Waals surface area contributed by atoms with E-state index >= 15 is 0 Å². The Morgan fingerprint density at radius 2 is 2.04 bits per heavy atom.